The van der Waals surface area contributed by atoms with Gasteiger partial charge < -0.3 is 19.8 Å². The first-order chi connectivity index (χ1) is 27.5. The number of aliphatic hydroxyl groups excluding tert-OH is 1. The third-order valence-corrected chi connectivity index (χ3v) is 12.2. The van der Waals surface area contributed by atoms with E-state index in [0.717, 1.165) is 38.5 Å². The SMILES string of the molecule is CCCCCCCCCCCCC/C=C/C(O)C(COP(=O)(O)OCC[N+](C)(C)C)NC(=O)CCCCCCCCCCCCCCCCCCCCCCCC. The lowest BCUT2D eigenvalue weighted by molar-refractivity contribution is -0.870. The van der Waals surface area contributed by atoms with Crippen molar-refractivity contribution in [2.24, 2.45) is 0 Å². The van der Waals surface area contributed by atoms with E-state index in [-0.39, 0.29) is 19.1 Å². The highest BCUT2D eigenvalue weighted by Crippen LogP contribution is 2.43. The molecule has 0 saturated heterocycles. The van der Waals surface area contributed by atoms with Gasteiger partial charge in [-0.2, -0.15) is 0 Å². The zero-order valence-electron chi connectivity index (χ0n) is 38.6. The van der Waals surface area contributed by atoms with Crippen molar-refractivity contribution in [1.29, 1.82) is 0 Å². The Morgan fingerprint density at radius 2 is 0.930 bits per heavy atom. The molecule has 3 atom stereocenters. The second kappa shape index (κ2) is 40.6. The number of phosphoric ester groups is 1. The molecule has 0 spiro atoms. The number of carbonyl (C=O) groups is 1. The molecule has 0 aromatic heterocycles. The van der Waals surface area contributed by atoms with Crippen molar-refractivity contribution in [2.45, 2.75) is 251 Å². The third-order valence-electron chi connectivity index (χ3n) is 11.3. The minimum absolute atomic E-state index is 0.0647. The minimum Gasteiger partial charge on any atom is -0.387 e. The lowest BCUT2D eigenvalue weighted by Crippen LogP contribution is -2.45. The summed E-state index contributed by atoms with van der Waals surface area (Å²) in [7, 11) is 1.58. The molecule has 0 aliphatic carbocycles. The highest BCUT2D eigenvalue weighted by atomic mass is 31.2. The molecule has 0 aliphatic heterocycles. The summed E-state index contributed by atoms with van der Waals surface area (Å²) in [5.74, 6) is -0.173. The summed E-state index contributed by atoms with van der Waals surface area (Å²) in [5.41, 5.74) is 0. The van der Waals surface area contributed by atoms with Crippen LogP contribution in [0.1, 0.15) is 239 Å². The lowest BCUT2D eigenvalue weighted by Gasteiger charge is -2.25. The van der Waals surface area contributed by atoms with Gasteiger partial charge in [-0.3, -0.25) is 13.8 Å². The second-order valence-electron chi connectivity index (χ2n) is 18.2. The van der Waals surface area contributed by atoms with Crippen LogP contribution >= 0.6 is 7.82 Å². The highest BCUT2D eigenvalue weighted by molar-refractivity contribution is 7.47. The fourth-order valence-corrected chi connectivity index (χ4v) is 8.07. The molecule has 0 saturated carbocycles. The van der Waals surface area contributed by atoms with E-state index in [1.807, 2.05) is 27.2 Å². The van der Waals surface area contributed by atoms with Crippen LogP contribution in [0.2, 0.25) is 0 Å². The summed E-state index contributed by atoms with van der Waals surface area (Å²) in [6.45, 7) is 4.84. The van der Waals surface area contributed by atoms with Gasteiger partial charge in [0.1, 0.15) is 13.2 Å². The van der Waals surface area contributed by atoms with Crippen molar-refractivity contribution in [3.63, 3.8) is 0 Å². The van der Waals surface area contributed by atoms with Crippen LogP contribution in [0.15, 0.2) is 12.2 Å². The van der Waals surface area contributed by atoms with Crippen LogP contribution in [0.3, 0.4) is 0 Å². The van der Waals surface area contributed by atoms with E-state index in [9.17, 15) is 19.4 Å². The van der Waals surface area contributed by atoms with Crippen molar-refractivity contribution < 1.29 is 32.9 Å². The summed E-state index contributed by atoms with van der Waals surface area (Å²) < 4.78 is 23.6. The van der Waals surface area contributed by atoms with Crippen LogP contribution in [0, 0.1) is 0 Å². The quantitative estimate of drug-likeness (QED) is 0.0244. The Labute approximate surface area is 354 Å². The van der Waals surface area contributed by atoms with Crippen molar-refractivity contribution in [2.75, 3.05) is 40.9 Å². The van der Waals surface area contributed by atoms with Gasteiger partial charge in [-0.25, -0.2) is 4.57 Å². The van der Waals surface area contributed by atoms with Gasteiger partial charge in [-0.15, -0.1) is 0 Å². The van der Waals surface area contributed by atoms with Crippen LogP contribution in [0.25, 0.3) is 0 Å². The number of unbranched alkanes of at least 4 members (excludes halogenated alkanes) is 32. The Bertz CT molecular complexity index is 942. The van der Waals surface area contributed by atoms with E-state index in [0.29, 0.717) is 17.4 Å². The maximum absolute atomic E-state index is 12.9. The topological polar surface area (TPSA) is 105 Å². The Kier molecular flexibility index (Phi) is 40.1. The van der Waals surface area contributed by atoms with Crippen molar-refractivity contribution >= 4 is 13.7 Å². The number of allylic oxidation sites excluding steroid dienone is 1. The number of nitrogens with zero attached hydrogens (tertiary/aromatic N) is 1. The predicted octanol–water partition coefficient (Wildman–Crippen LogP) is 13.9. The second-order valence-corrected chi connectivity index (χ2v) is 19.7. The molecule has 3 unspecified atom stereocenters. The number of nitrogens with one attached hydrogen (secondary N) is 1. The predicted molar refractivity (Wildman–Crippen MR) is 245 cm³/mol. The molecule has 0 radical (unpaired) electrons. The van der Waals surface area contributed by atoms with E-state index in [1.165, 1.54) is 180 Å². The van der Waals surface area contributed by atoms with Gasteiger partial charge in [-0.1, -0.05) is 225 Å². The maximum atomic E-state index is 12.9. The number of hydrogen-bond donors (Lipinski definition) is 3. The van der Waals surface area contributed by atoms with Gasteiger partial charge >= 0.3 is 7.82 Å². The molecule has 8 nitrogen and oxygen atoms in total. The summed E-state index contributed by atoms with van der Waals surface area (Å²) in [6, 6.07) is -0.840. The molecule has 0 heterocycles. The molecule has 0 bridgehead atoms. The Morgan fingerprint density at radius 3 is 1.30 bits per heavy atom. The van der Waals surface area contributed by atoms with Crippen LogP contribution in [-0.4, -0.2) is 73.4 Å². The monoisotopic (exact) mass is 830 g/mol. The van der Waals surface area contributed by atoms with Crippen LogP contribution < -0.4 is 5.32 Å². The number of amides is 1. The molecule has 0 aliphatic rings. The molecule has 9 heteroatoms. The lowest BCUT2D eigenvalue weighted by atomic mass is 10.0. The normalized spacial score (nSPS) is 14.3. The van der Waals surface area contributed by atoms with E-state index in [2.05, 4.69) is 19.2 Å². The van der Waals surface area contributed by atoms with Gasteiger partial charge in [-0.05, 0) is 19.3 Å². The molecule has 1 amide bonds. The number of hydrogen-bond acceptors (Lipinski definition) is 5. The Hall–Kier alpha value is -0.760. The fraction of sp³-hybridized carbons (Fsp3) is 0.938. The zero-order chi connectivity index (χ0) is 42.1. The molecule has 340 valence electrons. The van der Waals surface area contributed by atoms with Crippen LogP contribution in [-0.2, 0) is 18.4 Å². The molecule has 3 N–H and O–H groups in total. The van der Waals surface area contributed by atoms with Gasteiger partial charge in [0.2, 0.25) is 5.91 Å². The summed E-state index contributed by atoms with van der Waals surface area (Å²) in [6.07, 6.45) is 47.1. The van der Waals surface area contributed by atoms with Gasteiger partial charge in [0, 0.05) is 6.42 Å². The van der Waals surface area contributed by atoms with Gasteiger partial charge in [0.25, 0.3) is 0 Å². The maximum Gasteiger partial charge on any atom is 0.472 e. The molecule has 57 heavy (non-hydrogen) atoms. The molecular weight excluding hydrogens is 732 g/mol. The number of phosphoric acid groups is 1. The summed E-state index contributed by atoms with van der Waals surface area (Å²) in [5, 5.41) is 13.8. The third kappa shape index (κ3) is 43.1. The van der Waals surface area contributed by atoms with E-state index in [4.69, 9.17) is 9.05 Å². The van der Waals surface area contributed by atoms with Crippen molar-refractivity contribution in [3.8, 4) is 0 Å². The zero-order valence-corrected chi connectivity index (χ0v) is 39.5. The van der Waals surface area contributed by atoms with E-state index in [1.54, 1.807) is 6.08 Å². The molecule has 0 aromatic carbocycles. The summed E-state index contributed by atoms with van der Waals surface area (Å²) >= 11 is 0. The Morgan fingerprint density at radius 1 is 0.579 bits per heavy atom. The molecule has 0 fully saturated rings. The molecular formula is C48H98N2O6P+. The first-order valence-electron chi connectivity index (χ1n) is 24.6. The molecule has 0 aromatic rings. The number of carbonyl (C=O) groups excluding carboxylic acids is 1. The summed E-state index contributed by atoms with van der Waals surface area (Å²) in [4.78, 5) is 23.2. The number of quaternary nitrogens is 1. The number of rotatable bonds is 45. The molecule has 0 rings (SSSR count). The largest absolute Gasteiger partial charge is 0.472 e. The minimum atomic E-state index is -4.33. The van der Waals surface area contributed by atoms with Gasteiger partial charge in [0.15, 0.2) is 0 Å². The smallest absolute Gasteiger partial charge is 0.387 e. The number of aliphatic hydroxyl groups is 1. The highest BCUT2D eigenvalue weighted by Gasteiger charge is 2.27. The first kappa shape index (κ1) is 56.2. The average Bonchev–Trinajstić information content (AvgIpc) is 3.16. The standard InChI is InChI=1S/C48H97N2O6P/c1-6-8-10-12-14-16-18-20-21-22-23-24-25-26-27-28-30-32-34-36-38-40-42-48(52)49-46(45-56-57(53,54)55-44-43-50(3,4)5)47(51)41-39-37-35-33-31-29-19-17-15-13-11-9-7-2/h39,41,46-47,51H,6-38,40,42-45H2,1-5H3,(H-,49,52,53,54)/p+1/b41-39+. The van der Waals surface area contributed by atoms with Gasteiger partial charge in [0.05, 0.1) is 39.9 Å². The van der Waals surface area contributed by atoms with Crippen LogP contribution in [0.5, 0.6) is 0 Å². The van der Waals surface area contributed by atoms with E-state index < -0.39 is 20.0 Å². The number of likely N-dealkylation sites (N-methyl/N-ethyl adjacent to an activating group) is 1. The van der Waals surface area contributed by atoms with E-state index >= 15 is 0 Å². The van der Waals surface area contributed by atoms with Crippen LogP contribution in [0.4, 0.5) is 0 Å². The van der Waals surface area contributed by atoms with Crippen molar-refractivity contribution in [1.82, 2.24) is 5.32 Å². The fourth-order valence-electron chi connectivity index (χ4n) is 7.34. The Balaban J connectivity index is 4.23. The average molecular weight is 830 g/mol. The first-order valence-corrected chi connectivity index (χ1v) is 26.1. The van der Waals surface area contributed by atoms with Crippen molar-refractivity contribution in [3.05, 3.63) is 12.2 Å².